The molecule has 0 nitrogen and oxygen atoms in total. The lowest BCUT2D eigenvalue weighted by atomic mass is 10.1. The number of rotatable bonds is 13. The van der Waals surface area contributed by atoms with Crippen molar-refractivity contribution in [2.45, 2.75) is 210 Å². The first-order valence-corrected chi connectivity index (χ1v) is 58.7. The maximum absolute atomic E-state index is 3.23. The zero-order chi connectivity index (χ0) is 50.1. The van der Waals surface area contributed by atoms with Crippen molar-refractivity contribution in [2.75, 3.05) is 0 Å². The Bertz CT molecular complexity index is 2010. The maximum atomic E-state index is 2.92. The average molecular weight is 1030 g/mol. The molecule has 0 aromatic heterocycles. The molecule has 0 atom stereocenters. The van der Waals surface area contributed by atoms with Crippen LogP contribution < -0.4 is 62.2 Å². The van der Waals surface area contributed by atoms with Crippen LogP contribution in [0.15, 0.2) is 58.7 Å². The van der Waals surface area contributed by atoms with E-state index in [-0.39, 0.29) is 0 Å². The summed E-state index contributed by atoms with van der Waals surface area (Å²) in [6, 6.07) is 17.5. The third kappa shape index (κ3) is 10.6. The predicted octanol–water partition coefficient (Wildman–Crippen LogP) is 10.1. The molecule has 0 amide bonds. The van der Waals surface area contributed by atoms with Gasteiger partial charge in [0.15, 0.2) is 8.07 Å². The summed E-state index contributed by atoms with van der Waals surface area (Å²) < 4.78 is 0. The molecule has 0 radical (unpaired) electrons. The Hall–Kier alpha value is -0.691. The minimum Gasteiger partial charge on any atom is -0.0656 e. The molecule has 0 unspecified atom stereocenters. The normalized spacial score (nSPS) is 16.2. The van der Waals surface area contributed by atoms with Crippen LogP contribution in [0.2, 0.25) is 182 Å². The molecule has 4 rings (SSSR count). The summed E-state index contributed by atoms with van der Waals surface area (Å²) in [4.78, 5) is 0. The molecular weight excluding hydrogens is 929 g/mol. The van der Waals surface area contributed by atoms with E-state index in [9.17, 15) is 0 Å². The Balaban J connectivity index is 2.95. The second-order valence-electron chi connectivity index (χ2n) is 29.9. The summed E-state index contributed by atoms with van der Waals surface area (Å²) >= 11 is 0. The van der Waals surface area contributed by atoms with Gasteiger partial charge in [-0.1, -0.05) is 287 Å². The van der Waals surface area contributed by atoms with Crippen molar-refractivity contribution < 1.29 is 0 Å². The fourth-order valence-corrected chi connectivity index (χ4v) is 41.0. The molecule has 10 heteroatoms. The zero-order valence-corrected chi connectivity index (χ0v) is 58.0. The molecule has 3 aromatic rings. The summed E-state index contributed by atoms with van der Waals surface area (Å²) in [5, 5.41) is 21.8. The summed E-state index contributed by atoms with van der Waals surface area (Å²) in [6.07, 6.45) is 0. The average Bonchev–Trinajstić information content (AvgIpc) is 3.26. The standard InChI is InChI=1S/C54H100Si10/c1-38-39(2)41(4)51(40(38)3)64(52-45(58(14,15)16)32-42(55(5,6)7)33-46(52)59(17,18)19,53-47(60(20,21)22)34-43(56(8,9)10)35-48(53)61(23,24)25)54-49(62(26,27)28)36-44(57(11,12)13)37-50(54)63(29,30)31/h32-37,51H,1-31H3. The lowest BCUT2D eigenvalue weighted by Gasteiger charge is -2.53. The lowest BCUT2D eigenvalue weighted by Crippen LogP contribution is -2.90. The van der Waals surface area contributed by atoms with Gasteiger partial charge in [-0.05, 0) is 38.8 Å². The molecule has 1 aliphatic carbocycles. The van der Waals surface area contributed by atoms with E-state index < -0.39 is 80.7 Å². The molecule has 64 heavy (non-hydrogen) atoms. The molecule has 0 spiro atoms. The molecule has 0 aliphatic heterocycles. The molecule has 0 bridgehead atoms. The van der Waals surface area contributed by atoms with Crippen LogP contribution in [0.1, 0.15) is 27.7 Å². The monoisotopic (exact) mass is 1030 g/mol. The summed E-state index contributed by atoms with van der Waals surface area (Å²) in [6.45, 7) is 83.3. The Kier molecular flexibility index (Phi) is 15.1. The lowest BCUT2D eigenvalue weighted by molar-refractivity contribution is 1.09. The minimum absolute atomic E-state index is 0.362. The highest BCUT2D eigenvalue weighted by molar-refractivity contribution is 7.26. The molecular formula is C54H100Si10. The number of hydrogen-bond acceptors (Lipinski definition) is 0. The highest BCUT2D eigenvalue weighted by Crippen LogP contribution is 2.46. The van der Waals surface area contributed by atoms with E-state index in [4.69, 9.17) is 0 Å². The van der Waals surface area contributed by atoms with E-state index in [0.717, 1.165) is 0 Å². The van der Waals surface area contributed by atoms with E-state index in [1.54, 1.807) is 37.9 Å². The largest absolute Gasteiger partial charge is 0.158 e. The van der Waals surface area contributed by atoms with E-state index in [0.29, 0.717) is 5.54 Å². The van der Waals surface area contributed by atoms with Crippen molar-refractivity contribution >= 4 is 143 Å². The Morgan fingerprint density at radius 2 is 0.406 bits per heavy atom. The molecule has 356 valence electrons. The fraction of sp³-hybridized carbons (Fsp3) is 0.593. The van der Waals surface area contributed by atoms with Crippen molar-refractivity contribution in [2.24, 2.45) is 0 Å². The van der Waals surface area contributed by atoms with Gasteiger partial charge in [0.05, 0.1) is 72.7 Å². The van der Waals surface area contributed by atoms with Gasteiger partial charge in [-0.3, -0.25) is 0 Å². The second-order valence-corrected chi connectivity index (χ2v) is 79.1. The van der Waals surface area contributed by atoms with Gasteiger partial charge in [0, 0.05) is 5.54 Å². The van der Waals surface area contributed by atoms with E-state index in [1.807, 2.05) is 46.7 Å². The predicted molar refractivity (Wildman–Crippen MR) is 331 cm³/mol. The smallest absolute Gasteiger partial charge is 0.0656 e. The first kappa shape index (κ1) is 55.9. The summed E-state index contributed by atoms with van der Waals surface area (Å²) in [5.41, 5.74) is 6.89. The van der Waals surface area contributed by atoms with Crippen LogP contribution in [0.3, 0.4) is 0 Å². The van der Waals surface area contributed by atoms with Gasteiger partial charge < -0.3 is 0 Å². The molecule has 0 saturated carbocycles. The van der Waals surface area contributed by atoms with Crippen LogP contribution >= 0.6 is 0 Å². The molecule has 0 fully saturated rings. The van der Waals surface area contributed by atoms with Crippen LogP contribution in [0.4, 0.5) is 0 Å². The van der Waals surface area contributed by atoms with Gasteiger partial charge in [0.25, 0.3) is 0 Å². The van der Waals surface area contributed by atoms with Crippen molar-refractivity contribution in [3.8, 4) is 0 Å². The van der Waals surface area contributed by atoms with Crippen molar-refractivity contribution in [3.63, 3.8) is 0 Å². The van der Waals surface area contributed by atoms with Crippen LogP contribution in [0.25, 0.3) is 0 Å². The van der Waals surface area contributed by atoms with Crippen molar-refractivity contribution in [1.82, 2.24) is 0 Å². The summed E-state index contributed by atoms with van der Waals surface area (Å²) in [7, 11) is -20.6. The van der Waals surface area contributed by atoms with Gasteiger partial charge in [-0.15, -0.1) is 0 Å². The van der Waals surface area contributed by atoms with E-state index >= 15 is 0 Å². The van der Waals surface area contributed by atoms with Gasteiger partial charge >= 0.3 is 0 Å². The van der Waals surface area contributed by atoms with Crippen LogP contribution in [0.5, 0.6) is 0 Å². The molecule has 0 saturated heterocycles. The summed E-state index contributed by atoms with van der Waals surface area (Å²) in [5.74, 6) is 0. The topological polar surface area (TPSA) is 0 Å². The Morgan fingerprint density at radius 3 is 0.531 bits per heavy atom. The van der Waals surface area contributed by atoms with Crippen LogP contribution in [-0.4, -0.2) is 80.7 Å². The first-order chi connectivity index (χ1) is 28.1. The first-order valence-electron chi connectivity index (χ1n) is 25.1. The van der Waals surface area contributed by atoms with Gasteiger partial charge in [0.2, 0.25) is 0 Å². The van der Waals surface area contributed by atoms with Gasteiger partial charge in [-0.25, -0.2) is 0 Å². The number of benzene rings is 3. The van der Waals surface area contributed by atoms with Gasteiger partial charge in [-0.2, -0.15) is 0 Å². The number of hydrogen-bond donors (Lipinski definition) is 0. The van der Waals surface area contributed by atoms with E-state index in [2.05, 4.69) is 241 Å². The fourth-order valence-electron chi connectivity index (χ4n) is 10.9. The molecule has 0 N–H and O–H groups in total. The Labute approximate surface area is 408 Å². The van der Waals surface area contributed by atoms with Crippen LogP contribution in [0, 0.1) is 0 Å². The zero-order valence-electron chi connectivity index (χ0n) is 48.0. The quantitative estimate of drug-likeness (QED) is 0.118. The highest BCUT2D eigenvalue weighted by atomic mass is 28.4. The second kappa shape index (κ2) is 17.3. The molecule has 1 aliphatic rings. The Morgan fingerprint density at radius 1 is 0.250 bits per heavy atom. The van der Waals surface area contributed by atoms with Crippen molar-refractivity contribution in [1.29, 1.82) is 0 Å². The molecule has 3 aromatic carbocycles. The van der Waals surface area contributed by atoms with Gasteiger partial charge in [0.1, 0.15) is 0 Å². The van der Waals surface area contributed by atoms with E-state index in [1.165, 1.54) is 0 Å². The number of allylic oxidation sites excluding steroid dienone is 4. The van der Waals surface area contributed by atoms with Crippen molar-refractivity contribution in [3.05, 3.63) is 58.7 Å². The highest BCUT2D eigenvalue weighted by Gasteiger charge is 2.59. The minimum atomic E-state index is -3.23. The SMILES string of the molecule is CC1=C(C)C([Si](c2c([Si](C)(C)C)cc([Si](C)(C)C)cc2[Si](C)(C)C)(c2c([Si](C)(C)C)cc([Si](C)(C)C)cc2[Si](C)(C)C)c2c([Si](C)(C)C)cc([Si](C)(C)C)cc2[Si](C)(C)C)C(C)=C1C. The third-order valence-electron chi connectivity index (χ3n) is 15.1. The van der Waals surface area contributed by atoms with Crippen LogP contribution in [-0.2, 0) is 0 Å². The maximum Gasteiger partial charge on any atom is 0.158 e. The third-order valence-corrected chi connectivity index (χ3v) is 40.4. The molecule has 0 heterocycles.